The Hall–Kier alpha value is -0.220. The van der Waals surface area contributed by atoms with Crippen LogP contribution < -0.4 is 0 Å². The zero-order chi connectivity index (χ0) is 20.7. The molecule has 0 saturated heterocycles. The van der Waals surface area contributed by atoms with Crippen LogP contribution in [0.25, 0.3) is 0 Å². The standard InChI is InChI=1S/C16H35NO3S.CH4O3S/c1-4-7-12-17(13-8-5-2,14-9-6-3)15-10-11-16-21(18,19)20;1-5(2,3)4/h4-16H2,1-3H3;1H3,(H,2,3,4). The van der Waals surface area contributed by atoms with E-state index in [9.17, 15) is 8.42 Å². The zero-order valence-electron chi connectivity index (χ0n) is 16.9. The Bertz CT molecular complexity index is 502. The van der Waals surface area contributed by atoms with Gasteiger partial charge in [0.25, 0.3) is 10.1 Å². The van der Waals surface area contributed by atoms with E-state index >= 15 is 0 Å². The van der Waals surface area contributed by atoms with Gasteiger partial charge in [0.05, 0.1) is 42.1 Å². The van der Waals surface area contributed by atoms with Gasteiger partial charge >= 0.3 is 0 Å². The van der Waals surface area contributed by atoms with Crippen molar-refractivity contribution in [2.75, 3.05) is 38.2 Å². The normalized spacial score (nSPS) is 12.5. The van der Waals surface area contributed by atoms with E-state index in [4.69, 9.17) is 17.5 Å². The summed E-state index contributed by atoms with van der Waals surface area (Å²) in [6, 6.07) is 0. The first-order chi connectivity index (χ1) is 11.9. The van der Waals surface area contributed by atoms with Crippen molar-refractivity contribution in [3.8, 4) is 0 Å². The summed E-state index contributed by atoms with van der Waals surface area (Å²) in [4.78, 5) is 0. The van der Waals surface area contributed by atoms with E-state index in [-0.39, 0.29) is 5.75 Å². The summed E-state index contributed by atoms with van der Waals surface area (Å²) in [5.41, 5.74) is 0. The van der Waals surface area contributed by atoms with Crippen molar-refractivity contribution < 1.29 is 30.4 Å². The van der Waals surface area contributed by atoms with Crippen LogP contribution in [0.5, 0.6) is 0 Å². The molecule has 0 saturated carbocycles. The average molecular weight is 418 g/mol. The van der Waals surface area contributed by atoms with Crippen molar-refractivity contribution in [2.24, 2.45) is 0 Å². The van der Waals surface area contributed by atoms with Crippen LogP contribution in [-0.2, 0) is 20.2 Å². The van der Waals surface area contributed by atoms with Crippen molar-refractivity contribution in [1.82, 2.24) is 0 Å². The molecule has 0 aliphatic carbocycles. The molecule has 0 fully saturated rings. The maximum absolute atomic E-state index is 10.8. The zero-order valence-corrected chi connectivity index (χ0v) is 18.6. The van der Waals surface area contributed by atoms with Gasteiger partial charge in [0, 0.05) is 6.26 Å². The van der Waals surface area contributed by atoms with Crippen molar-refractivity contribution in [2.45, 2.75) is 72.1 Å². The molecule has 0 aromatic carbocycles. The molecule has 0 aliphatic rings. The van der Waals surface area contributed by atoms with Gasteiger partial charge in [0.15, 0.2) is 0 Å². The van der Waals surface area contributed by atoms with E-state index in [1.807, 2.05) is 0 Å². The molecule has 0 unspecified atom stereocenters. The minimum Gasteiger partial charge on any atom is -0.748 e. The molecule has 26 heavy (non-hydrogen) atoms. The third kappa shape index (κ3) is 21.8. The number of rotatable bonds is 14. The molecule has 0 radical (unpaired) electrons. The second-order valence-electron chi connectivity index (χ2n) is 6.99. The molecular formula is C17H39NO6S2. The first-order valence-corrected chi connectivity index (χ1v) is 13.0. The Labute approximate surface area is 161 Å². The molecule has 7 nitrogen and oxygen atoms in total. The summed E-state index contributed by atoms with van der Waals surface area (Å²) in [6.07, 6.45) is 9.42. The van der Waals surface area contributed by atoms with Crippen LogP contribution in [0.2, 0.25) is 0 Å². The molecule has 0 atom stereocenters. The third-order valence-corrected chi connectivity index (χ3v) is 5.05. The molecule has 0 aromatic heterocycles. The Morgan fingerprint density at radius 3 is 1.31 bits per heavy atom. The summed E-state index contributed by atoms with van der Waals surface area (Å²) in [5.74, 6) is -0.0949. The fraction of sp³-hybridized carbons (Fsp3) is 1.00. The van der Waals surface area contributed by atoms with E-state index in [0.29, 0.717) is 12.7 Å². The lowest BCUT2D eigenvalue weighted by atomic mass is 10.1. The van der Waals surface area contributed by atoms with Gasteiger partial charge < -0.3 is 9.04 Å². The third-order valence-electron chi connectivity index (χ3n) is 4.24. The highest BCUT2D eigenvalue weighted by atomic mass is 32.2. The highest BCUT2D eigenvalue weighted by molar-refractivity contribution is 7.85. The van der Waals surface area contributed by atoms with Crippen molar-refractivity contribution in [3.63, 3.8) is 0 Å². The van der Waals surface area contributed by atoms with Gasteiger partial charge in [0.2, 0.25) is 0 Å². The Morgan fingerprint density at radius 1 is 0.731 bits per heavy atom. The molecule has 160 valence electrons. The summed E-state index contributed by atoms with van der Waals surface area (Å²) >= 11 is 0. The summed E-state index contributed by atoms with van der Waals surface area (Å²) in [6.45, 7) is 11.4. The summed E-state index contributed by atoms with van der Waals surface area (Å²) in [5, 5.41) is 0. The molecule has 1 N–H and O–H groups in total. The second-order valence-corrected chi connectivity index (χ2v) is 9.97. The number of hydrogen-bond acceptors (Lipinski definition) is 5. The predicted octanol–water partition coefficient (Wildman–Crippen LogP) is 3.03. The lowest BCUT2D eigenvalue weighted by molar-refractivity contribution is -0.929. The SMILES string of the molecule is CCCC[N+](CCCC)(CCCC)CCCCS(=O)(=O)O.CS(=O)(=O)[O-]. The summed E-state index contributed by atoms with van der Waals surface area (Å²) in [7, 11) is -7.72. The van der Waals surface area contributed by atoms with Gasteiger partial charge in [-0.2, -0.15) is 8.42 Å². The first kappa shape index (κ1) is 28.0. The van der Waals surface area contributed by atoms with E-state index < -0.39 is 20.2 Å². The first-order valence-electron chi connectivity index (χ1n) is 9.60. The van der Waals surface area contributed by atoms with Gasteiger partial charge in [-0.1, -0.05) is 40.0 Å². The van der Waals surface area contributed by atoms with Crippen molar-refractivity contribution in [3.05, 3.63) is 0 Å². The molecule has 0 aromatic rings. The van der Waals surface area contributed by atoms with Crippen LogP contribution in [-0.4, -0.2) is 68.6 Å². The highest BCUT2D eigenvalue weighted by Crippen LogP contribution is 2.16. The quantitative estimate of drug-likeness (QED) is 0.264. The Morgan fingerprint density at radius 2 is 1.04 bits per heavy atom. The number of unbranched alkanes of at least 4 members (excludes halogenated alkanes) is 4. The largest absolute Gasteiger partial charge is 0.748 e. The van der Waals surface area contributed by atoms with E-state index in [0.717, 1.165) is 17.4 Å². The molecular weight excluding hydrogens is 378 g/mol. The van der Waals surface area contributed by atoms with Gasteiger partial charge in [-0.3, -0.25) is 4.55 Å². The highest BCUT2D eigenvalue weighted by Gasteiger charge is 2.25. The van der Waals surface area contributed by atoms with Gasteiger partial charge in [-0.15, -0.1) is 0 Å². The number of quaternary nitrogens is 1. The molecule has 9 heteroatoms. The molecule has 0 aliphatic heterocycles. The van der Waals surface area contributed by atoms with Crippen LogP contribution in [0, 0.1) is 0 Å². The van der Waals surface area contributed by atoms with Crippen LogP contribution >= 0.6 is 0 Å². The van der Waals surface area contributed by atoms with E-state index in [2.05, 4.69) is 20.8 Å². The fourth-order valence-electron chi connectivity index (χ4n) is 2.88. The van der Waals surface area contributed by atoms with Crippen molar-refractivity contribution >= 4 is 20.2 Å². The van der Waals surface area contributed by atoms with Crippen LogP contribution in [0.15, 0.2) is 0 Å². The average Bonchev–Trinajstić information content (AvgIpc) is 2.50. The van der Waals surface area contributed by atoms with Gasteiger partial charge in [-0.25, -0.2) is 8.42 Å². The van der Waals surface area contributed by atoms with Gasteiger partial charge in [0.1, 0.15) is 0 Å². The summed E-state index contributed by atoms with van der Waals surface area (Å²) < 4.78 is 58.9. The lowest BCUT2D eigenvalue weighted by Gasteiger charge is -2.39. The van der Waals surface area contributed by atoms with Gasteiger partial charge in [-0.05, 0) is 32.1 Å². The predicted molar refractivity (Wildman–Crippen MR) is 106 cm³/mol. The topological polar surface area (TPSA) is 112 Å². The fourth-order valence-corrected chi connectivity index (χ4v) is 3.45. The molecule has 0 spiro atoms. The van der Waals surface area contributed by atoms with E-state index in [1.165, 1.54) is 58.2 Å². The Balaban J connectivity index is 0. The van der Waals surface area contributed by atoms with Crippen LogP contribution in [0.3, 0.4) is 0 Å². The lowest BCUT2D eigenvalue weighted by Crippen LogP contribution is -2.50. The smallest absolute Gasteiger partial charge is 0.264 e. The van der Waals surface area contributed by atoms with E-state index in [1.54, 1.807) is 0 Å². The Kier molecular flexibility index (Phi) is 15.9. The molecule has 0 bridgehead atoms. The molecule has 0 amide bonds. The molecule has 0 heterocycles. The minimum absolute atomic E-state index is 0.0949. The second kappa shape index (κ2) is 14.8. The molecule has 0 rings (SSSR count). The van der Waals surface area contributed by atoms with Crippen LogP contribution in [0.4, 0.5) is 0 Å². The maximum Gasteiger partial charge on any atom is 0.264 e. The van der Waals surface area contributed by atoms with Crippen LogP contribution in [0.1, 0.15) is 72.1 Å². The van der Waals surface area contributed by atoms with Crippen molar-refractivity contribution in [1.29, 1.82) is 0 Å². The maximum atomic E-state index is 10.8. The monoisotopic (exact) mass is 417 g/mol. The number of nitrogens with zero attached hydrogens (tertiary/aromatic N) is 1. The number of hydrogen-bond donors (Lipinski definition) is 1. The minimum atomic E-state index is -3.92.